The van der Waals surface area contributed by atoms with Crippen LogP contribution < -0.4 is 10.6 Å². The molecule has 4 nitrogen and oxygen atoms in total. The smallest absolute Gasteiger partial charge is 0.153 e. The van der Waals surface area contributed by atoms with Crippen molar-refractivity contribution in [1.29, 1.82) is 0 Å². The maximum absolute atomic E-state index is 5.85. The van der Waals surface area contributed by atoms with E-state index >= 15 is 0 Å². The first kappa shape index (κ1) is 11.4. The van der Waals surface area contributed by atoms with Gasteiger partial charge in [0.2, 0.25) is 0 Å². The Labute approximate surface area is 110 Å². The molecule has 0 atom stereocenters. The lowest BCUT2D eigenvalue weighted by Crippen LogP contribution is -2.25. The van der Waals surface area contributed by atoms with E-state index in [9.17, 15) is 0 Å². The molecule has 0 unspecified atom stereocenters. The van der Waals surface area contributed by atoms with E-state index < -0.39 is 0 Å². The summed E-state index contributed by atoms with van der Waals surface area (Å²) in [5.74, 6) is 0.776. The highest BCUT2D eigenvalue weighted by molar-refractivity contribution is 6.30. The third kappa shape index (κ3) is 2.44. The van der Waals surface area contributed by atoms with E-state index in [1.807, 2.05) is 24.3 Å². The fraction of sp³-hybridized carbons (Fsp3) is 0.231. The number of nitrogens with zero attached hydrogens (tertiary/aromatic N) is 2. The molecule has 2 aromatic rings. The van der Waals surface area contributed by atoms with Gasteiger partial charge in [0, 0.05) is 17.3 Å². The van der Waals surface area contributed by atoms with Crippen molar-refractivity contribution in [2.24, 2.45) is 0 Å². The molecule has 0 aliphatic carbocycles. The Bertz CT molecular complexity index is 553. The van der Waals surface area contributed by atoms with Gasteiger partial charge in [0.1, 0.15) is 0 Å². The molecular formula is C13H13ClN4. The largest absolute Gasteiger partial charge is 0.339 e. The molecule has 18 heavy (non-hydrogen) atoms. The van der Waals surface area contributed by atoms with Crippen LogP contribution in [0.15, 0.2) is 30.3 Å². The molecule has 0 bridgehead atoms. The quantitative estimate of drug-likeness (QED) is 0.871. The third-order valence-electron chi connectivity index (χ3n) is 2.94. The number of hydrogen-bond acceptors (Lipinski definition) is 4. The van der Waals surface area contributed by atoms with Gasteiger partial charge < -0.3 is 10.6 Å². The molecule has 0 amide bonds. The van der Waals surface area contributed by atoms with E-state index in [1.165, 1.54) is 5.56 Å². The molecule has 1 aliphatic heterocycles. The molecule has 5 heteroatoms. The first-order valence-corrected chi connectivity index (χ1v) is 6.28. The molecule has 92 valence electrons. The van der Waals surface area contributed by atoms with Gasteiger partial charge in [0.05, 0.1) is 5.69 Å². The Kier molecular flexibility index (Phi) is 3.13. The molecule has 1 aromatic heterocycles. The predicted octanol–water partition coefficient (Wildman–Crippen LogP) is 2.52. The molecular weight excluding hydrogens is 248 g/mol. The van der Waals surface area contributed by atoms with Gasteiger partial charge in [-0.2, -0.15) is 5.10 Å². The van der Waals surface area contributed by atoms with E-state index in [0.717, 1.165) is 41.7 Å². The summed E-state index contributed by atoms with van der Waals surface area (Å²) in [4.78, 5) is 0. The molecule has 1 aromatic carbocycles. The summed E-state index contributed by atoms with van der Waals surface area (Å²) in [6.45, 7) is 1.81. The molecule has 0 fully saturated rings. The molecule has 1 aliphatic rings. The zero-order chi connectivity index (χ0) is 12.4. The monoisotopic (exact) mass is 260 g/mol. The summed E-state index contributed by atoms with van der Waals surface area (Å²) in [5, 5.41) is 15.6. The molecule has 3 rings (SSSR count). The van der Waals surface area contributed by atoms with Gasteiger partial charge in [-0.15, -0.1) is 5.10 Å². The second kappa shape index (κ2) is 4.92. The first-order chi connectivity index (χ1) is 8.81. The van der Waals surface area contributed by atoms with Gasteiger partial charge in [-0.25, -0.2) is 0 Å². The van der Waals surface area contributed by atoms with Crippen molar-refractivity contribution in [3.05, 3.63) is 46.6 Å². The lowest BCUT2D eigenvalue weighted by molar-refractivity contribution is 0.617. The van der Waals surface area contributed by atoms with Crippen LogP contribution >= 0.6 is 11.6 Å². The van der Waals surface area contributed by atoms with E-state index in [1.54, 1.807) is 0 Å². The topological polar surface area (TPSA) is 49.8 Å². The summed E-state index contributed by atoms with van der Waals surface area (Å²) >= 11 is 5.85. The van der Waals surface area contributed by atoms with Gasteiger partial charge in [-0.05, 0) is 48.9 Å². The van der Waals surface area contributed by atoms with Gasteiger partial charge in [0.25, 0.3) is 0 Å². The number of rotatable bonds is 2. The first-order valence-electron chi connectivity index (χ1n) is 5.90. The van der Waals surface area contributed by atoms with Crippen molar-refractivity contribution < 1.29 is 0 Å². The molecule has 2 heterocycles. The summed E-state index contributed by atoms with van der Waals surface area (Å²) < 4.78 is 0. The number of anilines is 2. The zero-order valence-electron chi connectivity index (χ0n) is 9.78. The van der Waals surface area contributed by atoms with Crippen molar-refractivity contribution in [2.45, 2.75) is 13.0 Å². The molecule has 2 N–H and O–H groups in total. The Balaban J connectivity index is 1.82. The molecule has 0 saturated carbocycles. The lowest BCUT2D eigenvalue weighted by atomic mass is 10.1. The van der Waals surface area contributed by atoms with Crippen LogP contribution in [0.3, 0.4) is 0 Å². The maximum atomic E-state index is 5.85. The minimum atomic E-state index is 0.725. The number of halogens is 1. The van der Waals surface area contributed by atoms with Crippen LogP contribution in [0.1, 0.15) is 11.3 Å². The minimum absolute atomic E-state index is 0.725. The van der Waals surface area contributed by atoms with E-state index in [2.05, 4.69) is 26.9 Å². The van der Waals surface area contributed by atoms with Crippen LogP contribution in [0.4, 0.5) is 11.5 Å². The normalized spacial score (nSPS) is 14.1. The Morgan fingerprint density at radius 2 is 2.00 bits per heavy atom. The molecule has 0 saturated heterocycles. The predicted molar refractivity (Wildman–Crippen MR) is 72.2 cm³/mol. The van der Waals surface area contributed by atoms with Gasteiger partial charge >= 0.3 is 0 Å². The minimum Gasteiger partial charge on any atom is -0.339 e. The van der Waals surface area contributed by atoms with Crippen LogP contribution in [0.2, 0.25) is 5.02 Å². The SMILES string of the molecule is Clc1ccc(Nc2cc3c(nn2)CNCC3)cc1. The standard InChI is InChI=1S/C13H13ClN4/c14-10-1-3-11(4-2-10)16-13-7-9-5-6-15-8-12(9)17-18-13/h1-4,7,15H,5-6,8H2,(H,16,18). The average Bonchev–Trinajstić information content (AvgIpc) is 2.41. The maximum Gasteiger partial charge on any atom is 0.153 e. The van der Waals surface area contributed by atoms with Gasteiger partial charge in [-0.3, -0.25) is 0 Å². The average molecular weight is 261 g/mol. The number of aromatic nitrogens is 2. The number of nitrogens with one attached hydrogen (secondary N) is 2. The fourth-order valence-corrected chi connectivity index (χ4v) is 2.12. The van der Waals surface area contributed by atoms with Crippen molar-refractivity contribution in [2.75, 3.05) is 11.9 Å². The summed E-state index contributed by atoms with van der Waals surface area (Å²) in [6.07, 6.45) is 1.00. The zero-order valence-corrected chi connectivity index (χ0v) is 10.5. The second-order valence-electron chi connectivity index (χ2n) is 4.26. The van der Waals surface area contributed by atoms with E-state index in [-0.39, 0.29) is 0 Å². The van der Waals surface area contributed by atoms with Crippen molar-refractivity contribution in [3.63, 3.8) is 0 Å². The lowest BCUT2D eigenvalue weighted by Gasteiger charge is -2.16. The van der Waals surface area contributed by atoms with E-state index in [4.69, 9.17) is 11.6 Å². The van der Waals surface area contributed by atoms with Crippen LogP contribution in [0.25, 0.3) is 0 Å². The summed E-state index contributed by atoms with van der Waals surface area (Å²) in [6, 6.07) is 9.60. The Morgan fingerprint density at radius 3 is 2.83 bits per heavy atom. The van der Waals surface area contributed by atoms with Crippen LogP contribution in [0.5, 0.6) is 0 Å². The molecule has 0 spiro atoms. The highest BCUT2D eigenvalue weighted by Crippen LogP contribution is 2.19. The second-order valence-corrected chi connectivity index (χ2v) is 4.70. The van der Waals surface area contributed by atoms with Crippen molar-refractivity contribution in [3.8, 4) is 0 Å². The van der Waals surface area contributed by atoms with Crippen molar-refractivity contribution >= 4 is 23.1 Å². The number of benzene rings is 1. The van der Waals surface area contributed by atoms with Crippen LogP contribution in [-0.2, 0) is 13.0 Å². The van der Waals surface area contributed by atoms with Gasteiger partial charge in [-0.1, -0.05) is 11.6 Å². The van der Waals surface area contributed by atoms with E-state index in [0.29, 0.717) is 0 Å². The van der Waals surface area contributed by atoms with Crippen LogP contribution in [0, 0.1) is 0 Å². The van der Waals surface area contributed by atoms with Gasteiger partial charge in [0.15, 0.2) is 5.82 Å². The summed E-state index contributed by atoms with van der Waals surface area (Å²) in [5.41, 5.74) is 3.27. The Morgan fingerprint density at radius 1 is 1.17 bits per heavy atom. The highest BCUT2D eigenvalue weighted by atomic mass is 35.5. The summed E-state index contributed by atoms with van der Waals surface area (Å²) in [7, 11) is 0. The highest BCUT2D eigenvalue weighted by Gasteiger charge is 2.11. The third-order valence-corrected chi connectivity index (χ3v) is 3.19. The number of fused-ring (bicyclic) bond motifs is 1. The molecule has 0 radical (unpaired) electrons. The number of hydrogen-bond donors (Lipinski definition) is 2. The van der Waals surface area contributed by atoms with Crippen LogP contribution in [-0.4, -0.2) is 16.7 Å². The van der Waals surface area contributed by atoms with Crippen molar-refractivity contribution in [1.82, 2.24) is 15.5 Å². The fourth-order valence-electron chi connectivity index (χ4n) is 1.99. The Hall–Kier alpha value is -1.65.